The maximum absolute atomic E-state index is 5.82. The third-order valence-corrected chi connectivity index (χ3v) is 1.77. The number of allylic oxidation sites excluding steroid dienone is 6. The van der Waals surface area contributed by atoms with Gasteiger partial charge in [0.15, 0.2) is 0 Å². The molecule has 0 amide bonds. The minimum Gasteiger partial charge on any atom is -0.0844 e. The third-order valence-electron chi connectivity index (χ3n) is 1.32. The number of rotatable bonds is 0. The van der Waals surface area contributed by atoms with Gasteiger partial charge in [-0.3, -0.25) is 0 Å². The van der Waals surface area contributed by atoms with E-state index >= 15 is 0 Å². The summed E-state index contributed by atoms with van der Waals surface area (Å²) < 4.78 is 0. The average Bonchev–Trinajstić information content (AvgIpc) is 1.99. The van der Waals surface area contributed by atoms with Crippen molar-refractivity contribution in [1.29, 1.82) is 0 Å². The molecule has 0 unspecified atom stereocenters. The standard InChI is InChI=1S/C8H9Cl/c1-7-5-3-2-4-6-8(7)9/h2-4,6H,5H2,1H3. The van der Waals surface area contributed by atoms with E-state index in [1.54, 1.807) is 0 Å². The molecule has 0 heterocycles. The van der Waals surface area contributed by atoms with E-state index in [0.717, 1.165) is 11.5 Å². The molecular weight excluding hydrogens is 132 g/mol. The van der Waals surface area contributed by atoms with Gasteiger partial charge < -0.3 is 0 Å². The summed E-state index contributed by atoms with van der Waals surface area (Å²) in [6, 6.07) is 0. The molecule has 0 saturated heterocycles. The predicted octanol–water partition coefficient (Wildman–Crippen LogP) is 3.02. The summed E-state index contributed by atoms with van der Waals surface area (Å²) in [6.45, 7) is 2.04. The molecule has 0 fully saturated rings. The molecule has 0 aliphatic heterocycles. The molecule has 0 spiro atoms. The number of hydrogen-bond acceptors (Lipinski definition) is 0. The van der Waals surface area contributed by atoms with E-state index in [4.69, 9.17) is 11.6 Å². The first-order valence-electron chi connectivity index (χ1n) is 2.99. The van der Waals surface area contributed by atoms with Crippen LogP contribution in [-0.4, -0.2) is 0 Å². The van der Waals surface area contributed by atoms with Crippen LogP contribution in [0.1, 0.15) is 13.3 Å². The highest BCUT2D eigenvalue weighted by atomic mass is 35.5. The van der Waals surface area contributed by atoms with Gasteiger partial charge in [-0.1, -0.05) is 35.4 Å². The summed E-state index contributed by atoms with van der Waals surface area (Å²) in [5.74, 6) is 0. The molecular formula is C8H9Cl. The van der Waals surface area contributed by atoms with E-state index in [2.05, 4.69) is 6.08 Å². The maximum Gasteiger partial charge on any atom is 0.0398 e. The molecule has 48 valence electrons. The summed E-state index contributed by atoms with van der Waals surface area (Å²) in [5.41, 5.74) is 1.24. The van der Waals surface area contributed by atoms with Gasteiger partial charge in [-0.25, -0.2) is 0 Å². The Morgan fingerprint density at radius 1 is 1.44 bits per heavy atom. The van der Waals surface area contributed by atoms with Crippen LogP contribution in [-0.2, 0) is 0 Å². The van der Waals surface area contributed by atoms with Crippen LogP contribution < -0.4 is 0 Å². The van der Waals surface area contributed by atoms with Gasteiger partial charge in [0.05, 0.1) is 0 Å². The van der Waals surface area contributed by atoms with Gasteiger partial charge in [-0.2, -0.15) is 0 Å². The van der Waals surface area contributed by atoms with E-state index in [0.29, 0.717) is 0 Å². The smallest absolute Gasteiger partial charge is 0.0398 e. The van der Waals surface area contributed by atoms with Crippen molar-refractivity contribution in [1.82, 2.24) is 0 Å². The van der Waals surface area contributed by atoms with Crippen LogP contribution in [0.5, 0.6) is 0 Å². The zero-order valence-corrected chi connectivity index (χ0v) is 6.15. The Balaban J connectivity index is 2.85. The van der Waals surface area contributed by atoms with Crippen LogP contribution >= 0.6 is 11.6 Å². The lowest BCUT2D eigenvalue weighted by Gasteiger charge is -1.93. The van der Waals surface area contributed by atoms with Gasteiger partial charge in [-0.15, -0.1) is 0 Å². The first-order valence-corrected chi connectivity index (χ1v) is 3.37. The second kappa shape index (κ2) is 2.88. The van der Waals surface area contributed by atoms with Gasteiger partial charge in [-0.05, 0) is 19.4 Å². The van der Waals surface area contributed by atoms with Crippen molar-refractivity contribution >= 4 is 11.6 Å². The fraction of sp³-hybridized carbons (Fsp3) is 0.250. The highest BCUT2D eigenvalue weighted by Gasteiger charge is 1.94. The molecule has 1 rings (SSSR count). The molecule has 0 bridgehead atoms. The lowest BCUT2D eigenvalue weighted by molar-refractivity contribution is 1.21. The summed E-state index contributed by atoms with van der Waals surface area (Å²) in [5, 5.41) is 0.875. The van der Waals surface area contributed by atoms with Crippen LogP contribution in [0.25, 0.3) is 0 Å². The lowest BCUT2D eigenvalue weighted by Crippen LogP contribution is -1.72. The second-order valence-corrected chi connectivity index (χ2v) is 2.53. The maximum atomic E-state index is 5.82. The van der Waals surface area contributed by atoms with Crippen molar-refractivity contribution in [2.75, 3.05) is 0 Å². The zero-order valence-electron chi connectivity index (χ0n) is 5.39. The highest BCUT2D eigenvalue weighted by molar-refractivity contribution is 6.31. The summed E-state index contributed by atoms with van der Waals surface area (Å²) >= 11 is 5.82. The first-order chi connectivity index (χ1) is 4.30. The molecule has 1 aliphatic rings. The average molecular weight is 141 g/mol. The highest BCUT2D eigenvalue weighted by Crippen LogP contribution is 2.16. The van der Waals surface area contributed by atoms with Crippen LogP contribution in [0.4, 0.5) is 0 Å². The molecule has 0 saturated carbocycles. The number of hydrogen-bond donors (Lipinski definition) is 0. The van der Waals surface area contributed by atoms with E-state index in [9.17, 15) is 0 Å². The second-order valence-electron chi connectivity index (χ2n) is 2.12. The van der Waals surface area contributed by atoms with Gasteiger partial charge in [0.2, 0.25) is 0 Å². The fourth-order valence-electron chi connectivity index (χ4n) is 0.703. The van der Waals surface area contributed by atoms with Crippen molar-refractivity contribution in [3.63, 3.8) is 0 Å². The van der Waals surface area contributed by atoms with Gasteiger partial charge in [0.1, 0.15) is 0 Å². The molecule has 0 atom stereocenters. The van der Waals surface area contributed by atoms with E-state index in [1.165, 1.54) is 5.57 Å². The largest absolute Gasteiger partial charge is 0.0844 e. The van der Waals surface area contributed by atoms with Crippen molar-refractivity contribution in [2.24, 2.45) is 0 Å². The van der Waals surface area contributed by atoms with Crippen molar-refractivity contribution in [3.8, 4) is 0 Å². The van der Waals surface area contributed by atoms with E-state index in [1.807, 2.05) is 25.2 Å². The molecule has 0 aromatic heterocycles. The monoisotopic (exact) mass is 140 g/mol. The predicted molar refractivity (Wildman–Crippen MR) is 41.5 cm³/mol. The summed E-state index contributed by atoms with van der Waals surface area (Å²) in [6.07, 6.45) is 8.96. The third kappa shape index (κ3) is 1.72. The first kappa shape index (κ1) is 6.63. The Hall–Kier alpha value is -0.490. The Morgan fingerprint density at radius 2 is 2.22 bits per heavy atom. The fourth-order valence-corrected chi connectivity index (χ4v) is 0.853. The van der Waals surface area contributed by atoms with Gasteiger partial charge in [0, 0.05) is 5.03 Å². The van der Waals surface area contributed by atoms with Gasteiger partial charge >= 0.3 is 0 Å². The molecule has 1 aliphatic carbocycles. The topological polar surface area (TPSA) is 0 Å². The summed E-state index contributed by atoms with van der Waals surface area (Å²) in [4.78, 5) is 0. The molecule has 0 aromatic rings. The Labute approximate surface area is 60.5 Å². The Kier molecular flexibility index (Phi) is 2.12. The molecule has 9 heavy (non-hydrogen) atoms. The quantitative estimate of drug-likeness (QED) is 0.485. The van der Waals surface area contributed by atoms with Crippen LogP contribution in [0.3, 0.4) is 0 Å². The lowest BCUT2D eigenvalue weighted by atomic mass is 10.2. The van der Waals surface area contributed by atoms with E-state index in [-0.39, 0.29) is 0 Å². The van der Waals surface area contributed by atoms with Crippen molar-refractivity contribution in [3.05, 3.63) is 34.9 Å². The molecule has 0 nitrogen and oxygen atoms in total. The SMILES string of the molecule is CC1=C(Cl)C=CC=CC1. The summed E-state index contributed by atoms with van der Waals surface area (Å²) in [7, 11) is 0. The Bertz CT molecular complexity index is 185. The van der Waals surface area contributed by atoms with Crippen molar-refractivity contribution in [2.45, 2.75) is 13.3 Å². The minimum absolute atomic E-state index is 0.875. The van der Waals surface area contributed by atoms with Crippen LogP contribution in [0, 0.1) is 0 Å². The molecule has 0 aromatic carbocycles. The number of halogens is 1. The van der Waals surface area contributed by atoms with Crippen molar-refractivity contribution < 1.29 is 0 Å². The molecule has 1 heteroatoms. The minimum atomic E-state index is 0.875. The van der Waals surface area contributed by atoms with Crippen LogP contribution in [0.15, 0.2) is 34.9 Å². The Morgan fingerprint density at radius 3 is 3.00 bits per heavy atom. The molecule has 0 radical (unpaired) electrons. The van der Waals surface area contributed by atoms with Gasteiger partial charge in [0.25, 0.3) is 0 Å². The normalized spacial score (nSPS) is 18.4. The zero-order chi connectivity index (χ0) is 6.69. The van der Waals surface area contributed by atoms with Crippen LogP contribution in [0.2, 0.25) is 0 Å². The molecule has 0 N–H and O–H groups in total. The van der Waals surface area contributed by atoms with E-state index < -0.39 is 0 Å².